The molecule has 0 rings (SSSR count). The quantitative estimate of drug-likeness (QED) is 0.476. The van der Waals surface area contributed by atoms with Gasteiger partial charge in [0.15, 0.2) is 0 Å². The van der Waals surface area contributed by atoms with Gasteiger partial charge in [-0.15, -0.1) is 0 Å². The largest absolute Gasteiger partial charge is 0.310 e. The molecule has 1 N–H and O–H groups in total. The molecule has 2 heteroatoms. The number of nitrogens with one attached hydrogen (secondary N) is 1. The molecular formula is C24H50N2. The lowest BCUT2D eigenvalue weighted by molar-refractivity contribution is 0.0224. The number of nitrogens with zero attached hydrogens (tertiary/aromatic N) is 1. The first-order valence-electron chi connectivity index (χ1n) is 10.4. The summed E-state index contributed by atoms with van der Waals surface area (Å²) in [5, 5.41) is 2.32. The van der Waals surface area contributed by atoms with E-state index in [2.05, 4.69) is 114 Å². The predicted octanol–water partition coefficient (Wildman–Crippen LogP) is 7.28. The Bertz CT molecular complexity index is 481. The van der Waals surface area contributed by atoms with Gasteiger partial charge in [-0.05, 0) is 54.8 Å². The maximum absolute atomic E-state index is 3.45. The van der Waals surface area contributed by atoms with Crippen LogP contribution in [0.25, 0.3) is 0 Å². The van der Waals surface area contributed by atoms with E-state index < -0.39 is 0 Å². The molecule has 0 radical (unpaired) electrons. The highest BCUT2D eigenvalue weighted by Gasteiger charge is 2.40. The summed E-state index contributed by atoms with van der Waals surface area (Å²) in [7, 11) is 2.03. The van der Waals surface area contributed by atoms with Gasteiger partial charge in [0, 0.05) is 13.2 Å². The molecule has 0 aliphatic carbocycles. The van der Waals surface area contributed by atoms with E-state index in [9.17, 15) is 0 Å². The lowest BCUT2D eigenvalue weighted by Gasteiger charge is -2.48. The van der Waals surface area contributed by atoms with Gasteiger partial charge in [0.2, 0.25) is 0 Å². The van der Waals surface area contributed by atoms with Gasteiger partial charge < -0.3 is 5.01 Å². The van der Waals surface area contributed by atoms with Crippen LogP contribution in [0.1, 0.15) is 103 Å². The Kier molecular flexibility index (Phi) is 7.70. The first kappa shape index (κ1) is 25.5. The Morgan fingerprint density at radius 2 is 1.31 bits per heavy atom. The monoisotopic (exact) mass is 366 g/mol. The van der Waals surface area contributed by atoms with E-state index in [1.807, 2.05) is 7.05 Å². The molecule has 0 aromatic rings. The second kappa shape index (κ2) is 7.86. The Morgan fingerprint density at radius 1 is 0.885 bits per heavy atom. The standard InChI is InChI=1S/C24H50N2/c1-18(22(9,10)17-23(11,12)21(6,7)8)16-26(25-15)24(13,14)19(2)20(3,4)5/h16,19,25H,17H2,1-15H3/b18-16+. The van der Waals surface area contributed by atoms with Crippen molar-refractivity contribution in [3.63, 3.8) is 0 Å². The van der Waals surface area contributed by atoms with Crippen molar-refractivity contribution in [2.24, 2.45) is 27.6 Å². The Morgan fingerprint density at radius 3 is 1.62 bits per heavy atom. The van der Waals surface area contributed by atoms with Crippen molar-refractivity contribution in [1.82, 2.24) is 10.4 Å². The summed E-state index contributed by atoms with van der Waals surface area (Å²) in [6.45, 7) is 33.0. The zero-order valence-electron chi connectivity index (χ0n) is 20.8. The number of hydrogen-bond acceptors (Lipinski definition) is 2. The van der Waals surface area contributed by atoms with Gasteiger partial charge in [-0.2, -0.15) is 0 Å². The third kappa shape index (κ3) is 6.01. The second-order valence-electron chi connectivity index (χ2n) is 12.3. The van der Waals surface area contributed by atoms with Gasteiger partial charge in [0.1, 0.15) is 0 Å². The zero-order valence-corrected chi connectivity index (χ0v) is 20.8. The molecule has 0 heterocycles. The van der Waals surface area contributed by atoms with E-state index in [4.69, 9.17) is 0 Å². The van der Waals surface area contributed by atoms with Gasteiger partial charge in [-0.3, -0.25) is 0 Å². The van der Waals surface area contributed by atoms with Crippen LogP contribution in [-0.2, 0) is 0 Å². The summed E-state index contributed by atoms with van der Waals surface area (Å²) in [5.41, 5.74) is 5.85. The molecule has 0 saturated heterocycles. The molecule has 1 atom stereocenters. The first-order valence-corrected chi connectivity index (χ1v) is 10.4. The highest BCUT2D eigenvalue weighted by molar-refractivity contribution is 5.12. The van der Waals surface area contributed by atoms with Crippen LogP contribution < -0.4 is 5.43 Å². The highest BCUT2D eigenvalue weighted by Crippen LogP contribution is 2.48. The summed E-state index contributed by atoms with van der Waals surface area (Å²) >= 11 is 0. The predicted molar refractivity (Wildman–Crippen MR) is 119 cm³/mol. The van der Waals surface area contributed by atoms with E-state index >= 15 is 0 Å². The number of allylic oxidation sites excluding steroid dienone is 1. The van der Waals surface area contributed by atoms with Gasteiger partial charge in [0.05, 0.1) is 5.54 Å². The van der Waals surface area contributed by atoms with Crippen molar-refractivity contribution in [2.75, 3.05) is 7.05 Å². The third-order valence-corrected chi connectivity index (χ3v) is 7.52. The molecule has 156 valence electrons. The fraction of sp³-hybridized carbons (Fsp3) is 0.917. The highest BCUT2D eigenvalue weighted by atomic mass is 15.5. The summed E-state index contributed by atoms with van der Waals surface area (Å²) in [6, 6.07) is 0. The van der Waals surface area contributed by atoms with Crippen molar-refractivity contribution >= 4 is 0 Å². The van der Waals surface area contributed by atoms with E-state index in [0.29, 0.717) is 5.92 Å². The molecule has 0 saturated carbocycles. The minimum Gasteiger partial charge on any atom is -0.310 e. The molecule has 0 bridgehead atoms. The maximum atomic E-state index is 3.45. The van der Waals surface area contributed by atoms with Gasteiger partial charge in [-0.1, -0.05) is 81.7 Å². The maximum Gasteiger partial charge on any atom is 0.0531 e. The summed E-state index contributed by atoms with van der Waals surface area (Å²) in [4.78, 5) is 0. The molecule has 0 aromatic carbocycles. The van der Waals surface area contributed by atoms with Crippen molar-refractivity contribution in [3.05, 3.63) is 11.8 Å². The van der Waals surface area contributed by atoms with Crippen LogP contribution in [0.4, 0.5) is 0 Å². The van der Waals surface area contributed by atoms with E-state index in [0.717, 1.165) is 0 Å². The summed E-state index contributed by atoms with van der Waals surface area (Å²) in [6.07, 6.45) is 3.51. The van der Waals surface area contributed by atoms with Crippen LogP contribution in [0.15, 0.2) is 11.8 Å². The van der Waals surface area contributed by atoms with Crippen LogP contribution in [0, 0.1) is 27.6 Å². The van der Waals surface area contributed by atoms with Gasteiger partial charge >= 0.3 is 0 Å². The molecular weight excluding hydrogens is 316 g/mol. The van der Waals surface area contributed by atoms with Crippen molar-refractivity contribution < 1.29 is 0 Å². The molecule has 1 unspecified atom stereocenters. The third-order valence-electron chi connectivity index (χ3n) is 7.52. The lowest BCUT2D eigenvalue weighted by Crippen LogP contribution is -2.54. The minimum absolute atomic E-state index is 0.0177. The molecule has 0 amide bonds. The molecule has 0 aliphatic heterocycles. The fourth-order valence-corrected chi connectivity index (χ4v) is 3.67. The fourth-order valence-electron chi connectivity index (χ4n) is 3.67. The normalized spacial score (nSPS) is 16.7. The molecule has 2 nitrogen and oxygen atoms in total. The SMILES string of the molecule is CNN(/C=C(\C)C(C)(C)CC(C)(C)C(C)(C)C)C(C)(C)C(C)C(C)(C)C. The van der Waals surface area contributed by atoms with E-state index in [1.54, 1.807) is 0 Å². The number of hydrogen-bond donors (Lipinski definition) is 1. The number of hydrazine groups is 1. The average molecular weight is 367 g/mol. The van der Waals surface area contributed by atoms with Crippen LogP contribution in [0.2, 0.25) is 0 Å². The smallest absolute Gasteiger partial charge is 0.0531 e. The van der Waals surface area contributed by atoms with Crippen LogP contribution in [0.5, 0.6) is 0 Å². The summed E-state index contributed by atoms with van der Waals surface area (Å²) in [5.74, 6) is 0.528. The second-order valence-corrected chi connectivity index (χ2v) is 12.3. The Labute approximate surface area is 166 Å². The first-order chi connectivity index (χ1) is 11.2. The van der Waals surface area contributed by atoms with E-state index in [1.165, 1.54) is 12.0 Å². The van der Waals surface area contributed by atoms with Crippen molar-refractivity contribution in [1.29, 1.82) is 0 Å². The topological polar surface area (TPSA) is 15.3 Å². The van der Waals surface area contributed by atoms with Crippen LogP contribution in [-0.4, -0.2) is 17.6 Å². The Balaban J connectivity index is 5.73. The Hall–Kier alpha value is -0.500. The molecule has 0 fully saturated rings. The molecule has 0 aromatic heterocycles. The average Bonchev–Trinajstić information content (AvgIpc) is 2.39. The molecule has 0 spiro atoms. The van der Waals surface area contributed by atoms with Crippen molar-refractivity contribution in [3.8, 4) is 0 Å². The molecule has 0 aliphatic rings. The van der Waals surface area contributed by atoms with E-state index in [-0.39, 0.29) is 27.2 Å². The number of rotatable bonds is 7. The van der Waals surface area contributed by atoms with Gasteiger partial charge in [0.25, 0.3) is 0 Å². The summed E-state index contributed by atoms with van der Waals surface area (Å²) < 4.78 is 0. The minimum atomic E-state index is 0.0177. The van der Waals surface area contributed by atoms with Crippen LogP contribution in [0.3, 0.4) is 0 Å². The zero-order chi connectivity index (χ0) is 21.4. The lowest BCUT2D eigenvalue weighted by atomic mass is 9.61. The van der Waals surface area contributed by atoms with Gasteiger partial charge in [-0.25, -0.2) is 5.43 Å². The molecule has 26 heavy (non-hydrogen) atoms. The van der Waals surface area contributed by atoms with Crippen LogP contribution >= 0.6 is 0 Å². The van der Waals surface area contributed by atoms with Crippen molar-refractivity contribution in [2.45, 2.75) is 109 Å².